The molecule has 0 fully saturated rings. The first kappa shape index (κ1) is 19.9. The van der Waals surface area contributed by atoms with Crippen molar-refractivity contribution in [3.05, 3.63) is 34.6 Å². The van der Waals surface area contributed by atoms with Gasteiger partial charge in [0.05, 0.1) is 19.4 Å². The molecule has 2 aromatic rings. The Morgan fingerprint density at radius 1 is 1.14 bits per heavy atom. The fourth-order valence-corrected chi connectivity index (χ4v) is 3.62. The highest BCUT2D eigenvalue weighted by Gasteiger charge is 2.23. The maximum atomic E-state index is 12.1. The van der Waals surface area contributed by atoms with Crippen molar-refractivity contribution in [1.82, 2.24) is 9.78 Å². The highest BCUT2D eigenvalue weighted by atomic mass is 16.5. The van der Waals surface area contributed by atoms with Crippen LogP contribution in [0.5, 0.6) is 17.2 Å². The molecule has 1 aromatic carbocycles. The van der Waals surface area contributed by atoms with E-state index in [2.05, 4.69) is 5.10 Å². The van der Waals surface area contributed by atoms with Crippen LogP contribution >= 0.6 is 0 Å². The molecular weight excluding hydrogens is 360 g/mol. The van der Waals surface area contributed by atoms with Gasteiger partial charge >= 0.3 is 5.97 Å². The van der Waals surface area contributed by atoms with Crippen molar-refractivity contribution >= 4 is 11.8 Å². The SMILES string of the molecule is CCOC(=O)CC(=O)Cn1nc(C)c(Oc2ccc(OC)c3c2CCC3)c1C. The fraction of sp³-hybridized carbons (Fsp3) is 0.476. The minimum atomic E-state index is -0.515. The van der Waals surface area contributed by atoms with Crippen molar-refractivity contribution in [2.24, 2.45) is 0 Å². The Hall–Kier alpha value is -2.83. The van der Waals surface area contributed by atoms with Crippen LogP contribution in [-0.4, -0.2) is 35.2 Å². The molecule has 0 saturated heterocycles. The normalized spacial score (nSPS) is 12.6. The number of aromatic nitrogens is 2. The highest BCUT2D eigenvalue weighted by molar-refractivity contribution is 5.95. The lowest BCUT2D eigenvalue weighted by Crippen LogP contribution is -2.17. The number of Topliss-reactive ketones (excluding diaryl/α,β-unsaturated/α-hetero) is 1. The van der Waals surface area contributed by atoms with Gasteiger partial charge in [0.25, 0.3) is 0 Å². The van der Waals surface area contributed by atoms with Crippen LogP contribution in [0.3, 0.4) is 0 Å². The number of methoxy groups -OCH3 is 1. The van der Waals surface area contributed by atoms with Gasteiger partial charge in [0.2, 0.25) is 0 Å². The van der Waals surface area contributed by atoms with Gasteiger partial charge in [0, 0.05) is 11.1 Å². The number of esters is 1. The number of carbonyl (C=O) groups is 2. The quantitative estimate of drug-likeness (QED) is 0.511. The fourth-order valence-electron chi connectivity index (χ4n) is 3.62. The molecule has 0 spiro atoms. The summed E-state index contributed by atoms with van der Waals surface area (Å²) in [6, 6.07) is 3.85. The monoisotopic (exact) mass is 386 g/mol. The van der Waals surface area contributed by atoms with Crippen molar-refractivity contribution in [1.29, 1.82) is 0 Å². The van der Waals surface area contributed by atoms with Crippen molar-refractivity contribution in [2.75, 3.05) is 13.7 Å². The van der Waals surface area contributed by atoms with Crippen LogP contribution in [0.2, 0.25) is 0 Å². The van der Waals surface area contributed by atoms with E-state index in [4.69, 9.17) is 14.2 Å². The standard InChI is InChI=1S/C21H26N2O5/c1-5-27-20(25)11-15(24)12-23-14(3)21(13(2)22-23)28-19-10-9-18(26-4)16-7-6-8-17(16)19/h9-10H,5-8,11-12H2,1-4H3. The molecule has 7 heteroatoms. The summed E-state index contributed by atoms with van der Waals surface area (Å²) in [5.41, 5.74) is 3.82. The molecule has 0 amide bonds. The van der Waals surface area contributed by atoms with Gasteiger partial charge in [-0.05, 0) is 52.2 Å². The predicted molar refractivity (Wildman–Crippen MR) is 103 cm³/mol. The second-order valence-corrected chi connectivity index (χ2v) is 6.86. The highest BCUT2D eigenvalue weighted by Crippen LogP contribution is 2.40. The predicted octanol–water partition coefficient (Wildman–Crippen LogP) is 3.31. The Kier molecular flexibility index (Phi) is 6.02. The number of rotatable bonds is 8. The molecule has 0 N–H and O–H groups in total. The summed E-state index contributed by atoms with van der Waals surface area (Å²) >= 11 is 0. The maximum Gasteiger partial charge on any atom is 0.313 e. The van der Waals surface area contributed by atoms with Crippen LogP contribution in [0.25, 0.3) is 0 Å². The van der Waals surface area contributed by atoms with Crippen molar-refractivity contribution in [3.8, 4) is 17.2 Å². The molecule has 0 aliphatic heterocycles. The summed E-state index contributed by atoms with van der Waals surface area (Å²) in [7, 11) is 1.68. The zero-order valence-corrected chi connectivity index (χ0v) is 16.8. The number of ether oxygens (including phenoxy) is 3. The van der Waals surface area contributed by atoms with E-state index in [9.17, 15) is 9.59 Å². The van der Waals surface area contributed by atoms with Crippen LogP contribution in [0.4, 0.5) is 0 Å². The lowest BCUT2D eigenvalue weighted by molar-refractivity contribution is -0.145. The minimum Gasteiger partial charge on any atom is -0.496 e. The van der Waals surface area contributed by atoms with Gasteiger partial charge in [0.15, 0.2) is 11.5 Å². The molecule has 1 heterocycles. The number of benzene rings is 1. The third-order valence-electron chi connectivity index (χ3n) is 4.92. The lowest BCUT2D eigenvalue weighted by Gasteiger charge is -2.13. The van der Waals surface area contributed by atoms with E-state index in [1.54, 1.807) is 18.7 Å². The average Bonchev–Trinajstić information content (AvgIpc) is 3.23. The van der Waals surface area contributed by atoms with E-state index in [-0.39, 0.29) is 25.4 Å². The van der Waals surface area contributed by atoms with E-state index in [0.29, 0.717) is 11.4 Å². The Balaban J connectivity index is 1.79. The van der Waals surface area contributed by atoms with Crippen LogP contribution in [0.1, 0.15) is 42.3 Å². The van der Waals surface area contributed by atoms with Gasteiger partial charge < -0.3 is 14.2 Å². The summed E-state index contributed by atoms with van der Waals surface area (Å²) in [4.78, 5) is 23.6. The summed E-state index contributed by atoms with van der Waals surface area (Å²) in [5, 5.41) is 4.42. The van der Waals surface area contributed by atoms with Gasteiger partial charge in [-0.15, -0.1) is 0 Å². The Morgan fingerprint density at radius 2 is 1.82 bits per heavy atom. The first-order valence-electron chi connectivity index (χ1n) is 9.52. The molecule has 1 aliphatic rings. The Bertz CT molecular complexity index is 901. The molecule has 3 rings (SSSR count). The van der Waals surface area contributed by atoms with Gasteiger partial charge in [-0.1, -0.05) is 0 Å². The number of carbonyl (C=O) groups excluding carboxylic acids is 2. The largest absolute Gasteiger partial charge is 0.496 e. The number of aryl methyl sites for hydroxylation is 1. The summed E-state index contributed by atoms with van der Waals surface area (Å²) in [6.45, 7) is 5.68. The van der Waals surface area contributed by atoms with Crippen LogP contribution in [0.15, 0.2) is 12.1 Å². The van der Waals surface area contributed by atoms with E-state index >= 15 is 0 Å². The Morgan fingerprint density at radius 3 is 2.50 bits per heavy atom. The molecular formula is C21H26N2O5. The van der Waals surface area contributed by atoms with Crippen LogP contribution < -0.4 is 9.47 Å². The summed E-state index contributed by atoms with van der Waals surface area (Å²) in [5.74, 6) is 1.58. The van der Waals surface area contributed by atoms with Gasteiger partial charge in [-0.25, -0.2) is 0 Å². The molecule has 0 bridgehead atoms. The van der Waals surface area contributed by atoms with Gasteiger partial charge in [0.1, 0.15) is 30.2 Å². The first-order valence-corrected chi connectivity index (χ1v) is 9.52. The van der Waals surface area contributed by atoms with Gasteiger partial charge in [-0.3, -0.25) is 14.3 Å². The van der Waals surface area contributed by atoms with E-state index in [0.717, 1.165) is 36.5 Å². The average molecular weight is 386 g/mol. The van der Waals surface area contributed by atoms with E-state index < -0.39 is 5.97 Å². The number of hydrogen-bond acceptors (Lipinski definition) is 6. The summed E-state index contributed by atoms with van der Waals surface area (Å²) < 4.78 is 18.1. The van der Waals surface area contributed by atoms with Crippen LogP contribution in [0, 0.1) is 13.8 Å². The second-order valence-electron chi connectivity index (χ2n) is 6.86. The number of hydrogen-bond donors (Lipinski definition) is 0. The lowest BCUT2D eigenvalue weighted by atomic mass is 10.1. The first-order chi connectivity index (χ1) is 13.4. The number of ketones is 1. The third-order valence-corrected chi connectivity index (χ3v) is 4.92. The molecule has 28 heavy (non-hydrogen) atoms. The number of nitrogens with zero attached hydrogens (tertiary/aromatic N) is 2. The molecule has 0 radical (unpaired) electrons. The molecule has 0 unspecified atom stereocenters. The molecule has 1 aromatic heterocycles. The molecule has 0 atom stereocenters. The van der Waals surface area contributed by atoms with Crippen molar-refractivity contribution in [3.63, 3.8) is 0 Å². The zero-order chi connectivity index (χ0) is 20.3. The zero-order valence-electron chi connectivity index (χ0n) is 16.8. The Labute approximate surface area is 164 Å². The van der Waals surface area contributed by atoms with Crippen molar-refractivity contribution < 1.29 is 23.8 Å². The molecule has 7 nitrogen and oxygen atoms in total. The maximum absolute atomic E-state index is 12.1. The minimum absolute atomic E-state index is 0.00949. The second kappa shape index (κ2) is 8.46. The summed E-state index contributed by atoms with van der Waals surface area (Å²) in [6.07, 6.45) is 2.75. The smallest absolute Gasteiger partial charge is 0.313 e. The van der Waals surface area contributed by atoms with Crippen LogP contribution in [-0.2, 0) is 33.7 Å². The third kappa shape index (κ3) is 4.03. The van der Waals surface area contributed by atoms with E-state index in [1.807, 2.05) is 26.0 Å². The van der Waals surface area contributed by atoms with E-state index in [1.165, 1.54) is 11.1 Å². The molecule has 150 valence electrons. The topological polar surface area (TPSA) is 79.7 Å². The van der Waals surface area contributed by atoms with Crippen molar-refractivity contribution in [2.45, 2.75) is 53.0 Å². The number of fused-ring (bicyclic) bond motifs is 1. The molecule has 0 saturated carbocycles. The van der Waals surface area contributed by atoms with Gasteiger partial charge in [-0.2, -0.15) is 5.10 Å². The molecule has 1 aliphatic carbocycles.